The molecule has 1 aromatic carbocycles. The molecule has 0 radical (unpaired) electrons. The van der Waals surface area contributed by atoms with Gasteiger partial charge >= 0.3 is 16.6 Å². The highest BCUT2D eigenvalue weighted by atomic mass is 32.2. The van der Waals surface area contributed by atoms with Gasteiger partial charge in [0, 0.05) is 6.54 Å². The number of benzene rings is 1. The number of aryl methyl sites for hydroxylation is 2. The Balaban J connectivity index is 2.12. The molecule has 1 unspecified atom stereocenters. The average molecular weight is 335 g/mol. The van der Waals surface area contributed by atoms with Gasteiger partial charge in [-0.1, -0.05) is 6.42 Å². The molecular weight excluding hydrogens is 315 g/mol. The second-order valence-corrected chi connectivity index (χ2v) is 6.74. The van der Waals surface area contributed by atoms with Gasteiger partial charge in [-0.05, 0) is 68.6 Å². The lowest BCUT2D eigenvalue weighted by Crippen LogP contribution is -2.29. The molecule has 1 atom stereocenters. The first-order valence-electron chi connectivity index (χ1n) is 7.27. The Bertz CT molecular complexity index is 531. The molecule has 1 aliphatic rings. The summed E-state index contributed by atoms with van der Waals surface area (Å²) < 4.78 is 52.4. The highest BCUT2D eigenvalue weighted by Crippen LogP contribution is 2.28. The molecule has 3 nitrogen and oxygen atoms in total. The maximum absolute atomic E-state index is 12.3. The van der Waals surface area contributed by atoms with Crippen LogP contribution in [0.25, 0.3) is 0 Å². The molecule has 0 aliphatic carbocycles. The van der Waals surface area contributed by atoms with Crippen molar-refractivity contribution in [3.63, 3.8) is 0 Å². The lowest BCUT2D eigenvalue weighted by Gasteiger charge is -2.28. The zero-order chi connectivity index (χ0) is 16.3. The maximum atomic E-state index is 12.3. The van der Waals surface area contributed by atoms with Crippen LogP contribution < -0.4 is 4.18 Å². The predicted octanol–water partition coefficient (Wildman–Crippen LogP) is 3.85. The van der Waals surface area contributed by atoms with Crippen molar-refractivity contribution < 1.29 is 21.6 Å². The zero-order valence-corrected chi connectivity index (χ0v) is 13.5. The molecule has 0 N–H and O–H groups in total. The molecule has 0 amide bonds. The van der Waals surface area contributed by atoms with E-state index in [2.05, 4.69) is 9.08 Å². The van der Waals surface area contributed by atoms with Crippen molar-refractivity contribution in [1.29, 1.82) is 0 Å². The number of likely N-dealkylation sites (tertiary alicyclic amines) is 1. The van der Waals surface area contributed by atoms with Crippen LogP contribution in [0.2, 0.25) is 0 Å². The quantitative estimate of drug-likeness (QED) is 0.837. The van der Waals surface area contributed by atoms with Gasteiger partial charge in [-0.25, -0.2) is 4.21 Å². The van der Waals surface area contributed by atoms with Crippen LogP contribution in [0.15, 0.2) is 12.1 Å². The largest absolute Gasteiger partial charge is 0.508 e. The lowest BCUT2D eigenvalue weighted by molar-refractivity contribution is -0.0437. The molecule has 0 spiro atoms. The molecule has 1 fully saturated rings. The maximum Gasteiger partial charge on any atom is 0.508 e. The van der Waals surface area contributed by atoms with E-state index in [-0.39, 0.29) is 5.75 Å². The predicted molar refractivity (Wildman–Crippen MR) is 79.9 cm³/mol. The topological polar surface area (TPSA) is 29.5 Å². The summed E-state index contributed by atoms with van der Waals surface area (Å²) in [6, 6.07) is 3.05. The van der Waals surface area contributed by atoms with Crippen LogP contribution in [-0.4, -0.2) is 27.7 Å². The van der Waals surface area contributed by atoms with Gasteiger partial charge in [-0.2, -0.15) is 13.2 Å². The Labute approximate surface area is 131 Å². The first kappa shape index (κ1) is 17.3. The normalized spacial score (nSPS) is 18.2. The van der Waals surface area contributed by atoms with Crippen LogP contribution in [0, 0.1) is 13.8 Å². The van der Waals surface area contributed by atoms with Crippen LogP contribution in [0.5, 0.6) is 5.75 Å². The molecule has 2 rings (SSSR count). The van der Waals surface area contributed by atoms with Gasteiger partial charge < -0.3 is 4.18 Å². The van der Waals surface area contributed by atoms with Crippen molar-refractivity contribution in [3.05, 3.63) is 28.8 Å². The summed E-state index contributed by atoms with van der Waals surface area (Å²) >= 11 is -3.33. The van der Waals surface area contributed by atoms with Crippen molar-refractivity contribution in [1.82, 2.24) is 4.90 Å². The zero-order valence-electron chi connectivity index (χ0n) is 12.7. The third-order valence-corrected chi connectivity index (χ3v) is 4.58. The first-order chi connectivity index (χ1) is 10.3. The number of piperidine rings is 1. The monoisotopic (exact) mass is 335 g/mol. The number of halogens is 3. The third-order valence-electron chi connectivity index (χ3n) is 3.86. The molecule has 1 aliphatic heterocycles. The Morgan fingerprint density at radius 3 is 2.18 bits per heavy atom. The van der Waals surface area contributed by atoms with Crippen molar-refractivity contribution in [2.24, 2.45) is 0 Å². The van der Waals surface area contributed by atoms with Crippen LogP contribution in [-0.2, 0) is 17.6 Å². The summed E-state index contributed by atoms with van der Waals surface area (Å²) in [5, 5.41) is 0. The summed E-state index contributed by atoms with van der Waals surface area (Å²) in [7, 11) is 0. The smallest absolute Gasteiger partial charge is 0.394 e. The Kier molecular flexibility index (Phi) is 5.50. The standard InChI is InChI=1S/C15H20F3NO2S/c1-11-8-13(21-22(20)15(16,17)18)9-12(2)14(11)10-19-6-4-3-5-7-19/h8-9H,3-7,10H2,1-2H3. The molecule has 124 valence electrons. The minimum atomic E-state index is -4.87. The SMILES string of the molecule is Cc1cc(OS(=O)C(F)(F)F)cc(C)c1CN1CCCCC1. The van der Waals surface area contributed by atoms with E-state index in [1.165, 1.54) is 31.4 Å². The molecule has 22 heavy (non-hydrogen) atoms. The summed E-state index contributed by atoms with van der Waals surface area (Å²) in [6.45, 7) is 6.58. The van der Waals surface area contributed by atoms with E-state index in [4.69, 9.17) is 0 Å². The highest BCUT2D eigenvalue weighted by Gasteiger charge is 2.40. The van der Waals surface area contributed by atoms with Crippen molar-refractivity contribution in [2.75, 3.05) is 13.1 Å². The molecule has 1 aromatic rings. The fourth-order valence-corrected chi connectivity index (χ4v) is 3.09. The van der Waals surface area contributed by atoms with E-state index in [1.54, 1.807) is 0 Å². The summed E-state index contributed by atoms with van der Waals surface area (Å²) in [5.74, 6) is -0.00643. The van der Waals surface area contributed by atoms with E-state index in [9.17, 15) is 17.4 Å². The van der Waals surface area contributed by atoms with Gasteiger partial charge in [0.25, 0.3) is 0 Å². The van der Waals surface area contributed by atoms with E-state index in [1.807, 2.05) is 13.8 Å². The highest BCUT2D eigenvalue weighted by molar-refractivity contribution is 7.81. The number of alkyl halides is 3. The van der Waals surface area contributed by atoms with Gasteiger partial charge in [0.15, 0.2) is 0 Å². The molecule has 0 bridgehead atoms. The molecular formula is C15H20F3NO2S. The first-order valence-corrected chi connectivity index (χ1v) is 8.34. The van der Waals surface area contributed by atoms with Crippen LogP contribution >= 0.6 is 0 Å². The summed E-state index contributed by atoms with van der Waals surface area (Å²) in [6.07, 6.45) is 3.62. The number of hydrogen-bond donors (Lipinski definition) is 0. The van der Waals surface area contributed by atoms with Crippen molar-refractivity contribution in [3.8, 4) is 5.75 Å². The van der Waals surface area contributed by atoms with Gasteiger partial charge in [-0.15, -0.1) is 0 Å². The number of rotatable bonds is 4. The van der Waals surface area contributed by atoms with E-state index >= 15 is 0 Å². The van der Waals surface area contributed by atoms with Crippen LogP contribution in [0.3, 0.4) is 0 Å². The van der Waals surface area contributed by atoms with E-state index in [0.717, 1.165) is 36.3 Å². The molecule has 0 aromatic heterocycles. The van der Waals surface area contributed by atoms with E-state index < -0.39 is 16.6 Å². The Morgan fingerprint density at radius 2 is 1.68 bits per heavy atom. The van der Waals surface area contributed by atoms with Crippen molar-refractivity contribution in [2.45, 2.75) is 45.2 Å². The molecule has 0 saturated carbocycles. The Hall–Kier alpha value is -1.08. The summed E-state index contributed by atoms with van der Waals surface area (Å²) in [4.78, 5) is 2.35. The third kappa shape index (κ3) is 4.46. The summed E-state index contributed by atoms with van der Waals surface area (Å²) in [5.41, 5.74) is -2.04. The van der Waals surface area contributed by atoms with Crippen LogP contribution in [0.1, 0.15) is 36.0 Å². The minimum Gasteiger partial charge on any atom is -0.394 e. The molecule has 1 saturated heterocycles. The second kappa shape index (κ2) is 7.00. The second-order valence-electron chi connectivity index (χ2n) is 5.64. The van der Waals surface area contributed by atoms with Crippen molar-refractivity contribution >= 4 is 11.1 Å². The number of nitrogens with zero attached hydrogens (tertiary/aromatic N) is 1. The van der Waals surface area contributed by atoms with Gasteiger partial charge in [0.05, 0.1) is 0 Å². The fraction of sp³-hybridized carbons (Fsp3) is 0.600. The van der Waals surface area contributed by atoms with Gasteiger partial charge in [0.1, 0.15) is 5.75 Å². The Morgan fingerprint density at radius 1 is 1.14 bits per heavy atom. The molecule has 1 heterocycles. The number of hydrogen-bond acceptors (Lipinski definition) is 3. The van der Waals surface area contributed by atoms with Gasteiger partial charge in [-0.3, -0.25) is 4.90 Å². The minimum absolute atomic E-state index is 0.00643. The van der Waals surface area contributed by atoms with E-state index in [0.29, 0.717) is 0 Å². The fourth-order valence-electron chi connectivity index (χ4n) is 2.73. The molecule has 7 heteroatoms. The lowest BCUT2D eigenvalue weighted by atomic mass is 10.0. The van der Waals surface area contributed by atoms with Gasteiger partial charge in [0.2, 0.25) is 0 Å². The average Bonchev–Trinajstić information content (AvgIpc) is 2.43. The van der Waals surface area contributed by atoms with Crippen LogP contribution in [0.4, 0.5) is 13.2 Å².